The Morgan fingerprint density at radius 2 is 1.50 bits per heavy atom. The smallest absolute Gasteiger partial charge is 0.308 e. The van der Waals surface area contributed by atoms with Crippen LogP contribution in [0.5, 0.6) is 5.75 Å². The van der Waals surface area contributed by atoms with Crippen LogP contribution in [0.25, 0.3) is 0 Å². The van der Waals surface area contributed by atoms with Gasteiger partial charge in [0.2, 0.25) is 0 Å². The van der Waals surface area contributed by atoms with Gasteiger partial charge in [-0.1, -0.05) is 6.07 Å². The van der Waals surface area contributed by atoms with Crippen LogP contribution < -0.4 is 4.74 Å². The fourth-order valence-electron chi connectivity index (χ4n) is 1.70. The summed E-state index contributed by atoms with van der Waals surface area (Å²) in [6, 6.07) is 8.66. The van der Waals surface area contributed by atoms with Crippen molar-refractivity contribution in [2.75, 3.05) is 0 Å². The van der Waals surface area contributed by atoms with E-state index in [0.29, 0.717) is 0 Å². The van der Waals surface area contributed by atoms with Gasteiger partial charge in [-0.2, -0.15) is 0 Å². The van der Waals surface area contributed by atoms with Crippen molar-refractivity contribution < 1.29 is 23.1 Å². The van der Waals surface area contributed by atoms with Gasteiger partial charge in [0.25, 0.3) is 0 Å². The van der Waals surface area contributed by atoms with E-state index >= 15 is 0 Å². The van der Waals surface area contributed by atoms with E-state index in [9.17, 15) is 18.4 Å². The van der Waals surface area contributed by atoms with Crippen molar-refractivity contribution in [2.45, 2.75) is 6.92 Å². The number of carbonyl (C=O) groups excluding carboxylic acids is 2. The summed E-state index contributed by atoms with van der Waals surface area (Å²) in [5.41, 5.74) is -0.502. The fourth-order valence-corrected chi connectivity index (χ4v) is 1.70. The Morgan fingerprint density at radius 1 is 0.950 bits per heavy atom. The van der Waals surface area contributed by atoms with Gasteiger partial charge >= 0.3 is 5.97 Å². The van der Waals surface area contributed by atoms with Crippen molar-refractivity contribution in [3.05, 3.63) is 65.2 Å². The maximum absolute atomic E-state index is 13.5. The van der Waals surface area contributed by atoms with Crippen molar-refractivity contribution in [1.29, 1.82) is 0 Å². The lowest BCUT2D eigenvalue weighted by Gasteiger charge is -2.05. The Balaban J connectivity index is 2.32. The molecular formula is C15H10F2O3. The van der Waals surface area contributed by atoms with E-state index in [1.807, 2.05) is 0 Å². The second-order valence-electron chi connectivity index (χ2n) is 4.04. The summed E-state index contributed by atoms with van der Waals surface area (Å²) < 4.78 is 31.8. The highest BCUT2D eigenvalue weighted by molar-refractivity contribution is 6.09. The van der Waals surface area contributed by atoms with Crippen molar-refractivity contribution in [1.82, 2.24) is 0 Å². The second-order valence-corrected chi connectivity index (χ2v) is 4.04. The minimum absolute atomic E-state index is 0.102. The minimum atomic E-state index is -0.918. The predicted molar refractivity (Wildman–Crippen MR) is 67.5 cm³/mol. The van der Waals surface area contributed by atoms with E-state index in [1.165, 1.54) is 37.3 Å². The Morgan fingerprint density at radius 3 is 2.00 bits per heavy atom. The summed E-state index contributed by atoms with van der Waals surface area (Å²) in [7, 11) is 0. The summed E-state index contributed by atoms with van der Waals surface area (Å²) in [4.78, 5) is 22.8. The van der Waals surface area contributed by atoms with Crippen molar-refractivity contribution in [3.8, 4) is 5.75 Å². The highest BCUT2D eigenvalue weighted by atomic mass is 19.1. The van der Waals surface area contributed by atoms with E-state index in [-0.39, 0.29) is 11.3 Å². The van der Waals surface area contributed by atoms with Crippen molar-refractivity contribution in [3.63, 3.8) is 0 Å². The zero-order valence-electron chi connectivity index (χ0n) is 10.5. The lowest BCUT2D eigenvalue weighted by atomic mass is 10.0. The first-order valence-corrected chi connectivity index (χ1v) is 5.76. The average Bonchev–Trinajstić information content (AvgIpc) is 2.38. The highest BCUT2D eigenvalue weighted by Crippen LogP contribution is 2.19. The summed E-state index contributed by atoms with van der Waals surface area (Å²) >= 11 is 0. The van der Waals surface area contributed by atoms with Crippen LogP contribution in [0.15, 0.2) is 42.5 Å². The van der Waals surface area contributed by atoms with Crippen molar-refractivity contribution >= 4 is 11.8 Å². The molecule has 2 aromatic carbocycles. The summed E-state index contributed by atoms with van der Waals surface area (Å²) in [6.07, 6.45) is 0. The molecule has 0 radical (unpaired) electrons. The first-order valence-electron chi connectivity index (χ1n) is 5.76. The molecule has 0 aromatic heterocycles. The van der Waals surface area contributed by atoms with Gasteiger partial charge in [0.15, 0.2) is 5.78 Å². The first kappa shape index (κ1) is 13.9. The normalized spacial score (nSPS) is 10.2. The molecule has 2 aromatic rings. The van der Waals surface area contributed by atoms with Gasteiger partial charge in [-0.05, 0) is 36.4 Å². The van der Waals surface area contributed by atoms with Crippen LogP contribution in [0.4, 0.5) is 8.78 Å². The van der Waals surface area contributed by atoms with Crippen LogP contribution >= 0.6 is 0 Å². The number of carbonyl (C=O) groups is 2. The lowest BCUT2D eigenvalue weighted by Crippen LogP contribution is -2.07. The molecule has 0 spiro atoms. The Hall–Kier alpha value is -2.56. The van der Waals surface area contributed by atoms with Crippen molar-refractivity contribution in [2.24, 2.45) is 0 Å². The summed E-state index contributed by atoms with van der Waals surface area (Å²) in [5, 5.41) is 0. The molecule has 0 unspecified atom stereocenters. The number of esters is 1. The summed E-state index contributed by atoms with van der Waals surface area (Å²) in [6.45, 7) is 1.24. The first-order chi connectivity index (χ1) is 9.49. The SMILES string of the molecule is CC(=O)Oc1ccc(C(=O)c2c(F)cccc2F)cc1. The maximum atomic E-state index is 13.5. The molecule has 0 saturated carbocycles. The van der Waals surface area contributed by atoms with Gasteiger partial charge in [0, 0.05) is 12.5 Å². The molecule has 0 atom stereocenters. The molecule has 0 amide bonds. The average molecular weight is 276 g/mol. The quantitative estimate of drug-likeness (QED) is 0.491. The van der Waals surface area contributed by atoms with E-state index < -0.39 is 29.0 Å². The standard InChI is InChI=1S/C15H10F2O3/c1-9(18)20-11-7-5-10(6-8-11)15(19)14-12(16)3-2-4-13(14)17/h2-8H,1H3. The van der Waals surface area contributed by atoms with E-state index in [0.717, 1.165) is 12.1 Å². The zero-order valence-corrected chi connectivity index (χ0v) is 10.5. The topological polar surface area (TPSA) is 43.4 Å². The molecule has 0 aliphatic heterocycles. The summed E-state index contributed by atoms with van der Waals surface area (Å²) in [5.74, 6) is -2.85. The molecule has 0 heterocycles. The Labute approximate surface area is 113 Å². The molecule has 0 fully saturated rings. The van der Waals surface area contributed by atoms with Crippen LogP contribution in [0.1, 0.15) is 22.8 Å². The van der Waals surface area contributed by atoms with E-state index in [4.69, 9.17) is 4.74 Å². The monoisotopic (exact) mass is 276 g/mol. The number of hydrogen-bond acceptors (Lipinski definition) is 3. The number of hydrogen-bond donors (Lipinski definition) is 0. The van der Waals surface area contributed by atoms with Crippen LogP contribution in [-0.2, 0) is 4.79 Å². The molecular weight excluding hydrogens is 266 g/mol. The maximum Gasteiger partial charge on any atom is 0.308 e. The predicted octanol–water partition coefficient (Wildman–Crippen LogP) is 3.12. The fraction of sp³-hybridized carbons (Fsp3) is 0.0667. The van der Waals surface area contributed by atoms with E-state index in [1.54, 1.807) is 0 Å². The highest BCUT2D eigenvalue weighted by Gasteiger charge is 2.18. The number of ether oxygens (including phenoxy) is 1. The zero-order chi connectivity index (χ0) is 14.7. The van der Waals surface area contributed by atoms with E-state index in [2.05, 4.69) is 0 Å². The number of rotatable bonds is 3. The van der Waals surface area contributed by atoms with Gasteiger partial charge in [-0.25, -0.2) is 8.78 Å². The molecule has 0 aliphatic carbocycles. The van der Waals surface area contributed by atoms with Crippen LogP contribution in [0.3, 0.4) is 0 Å². The molecule has 102 valence electrons. The third-order valence-electron chi connectivity index (χ3n) is 2.57. The molecule has 0 N–H and O–H groups in total. The minimum Gasteiger partial charge on any atom is -0.427 e. The third-order valence-corrected chi connectivity index (χ3v) is 2.57. The molecule has 0 saturated heterocycles. The number of ketones is 1. The van der Waals surface area contributed by atoms with Gasteiger partial charge in [-0.3, -0.25) is 9.59 Å². The van der Waals surface area contributed by atoms with Crippen LogP contribution in [-0.4, -0.2) is 11.8 Å². The second kappa shape index (κ2) is 5.61. The van der Waals surface area contributed by atoms with Gasteiger partial charge in [-0.15, -0.1) is 0 Å². The van der Waals surface area contributed by atoms with Crippen LogP contribution in [0.2, 0.25) is 0 Å². The molecule has 3 nitrogen and oxygen atoms in total. The largest absolute Gasteiger partial charge is 0.427 e. The van der Waals surface area contributed by atoms with Gasteiger partial charge in [0.1, 0.15) is 17.4 Å². The molecule has 5 heteroatoms. The molecule has 0 aliphatic rings. The third kappa shape index (κ3) is 2.88. The Bertz CT molecular complexity index is 643. The van der Waals surface area contributed by atoms with Gasteiger partial charge < -0.3 is 4.74 Å². The van der Waals surface area contributed by atoms with Gasteiger partial charge in [0.05, 0.1) is 5.56 Å². The number of halogens is 2. The molecule has 2 rings (SSSR count). The van der Waals surface area contributed by atoms with Crippen LogP contribution in [0, 0.1) is 11.6 Å². The Kier molecular flexibility index (Phi) is 3.89. The molecule has 20 heavy (non-hydrogen) atoms. The number of benzene rings is 2. The lowest BCUT2D eigenvalue weighted by molar-refractivity contribution is -0.131. The molecule has 0 bridgehead atoms.